The fourth-order valence-electron chi connectivity index (χ4n) is 5.79. The summed E-state index contributed by atoms with van der Waals surface area (Å²) < 4.78 is 16.6. The monoisotopic (exact) mass is 815 g/mol. The zero-order valence-electron chi connectivity index (χ0n) is 37.5. The van der Waals surface area contributed by atoms with Gasteiger partial charge in [-0.05, 0) is 51.4 Å². The number of hydrogen-bond donors (Lipinski definition) is 0. The fourth-order valence-corrected chi connectivity index (χ4v) is 5.79. The molecule has 0 saturated carbocycles. The van der Waals surface area contributed by atoms with Crippen LogP contribution < -0.4 is 0 Å². The van der Waals surface area contributed by atoms with Crippen LogP contribution in [-0.4, -0.2) is 37.2 Å². The summed E-state index contributed by atoms with van der Waals surface area (Å²) in [7, 11) is 0. The molecule has 59 heavy (non-hydrogen) atoms. The fraction of sp³-hybridized carbons (Fsp3) is 0.566. The van der Waals surface area contributed by atoms with E-state index >= 15 is 0 Å². The smallest absolute Gasteiger partial charge is 0.306 e. The van der Waals surface area contributed by atoms with Crippen molar-refractivity contribution in [3.8, 4) is 0 Å². The standard InChI is InChI=1S/C53H82O6/c1-4-7-10-13-16-19-22-25-26-29-31-34-37-40-43-46-52(55)58-49-50(59-53(56)47-44-41-38-35-32-28-24-21-18-15-12-9-6-3)48-57-51(54)45-42-39-36-33-30-27-23-20-17-14-11-8-5-2/h7,9-10,12-13,15-16,18-19,21-22,24-26,28-29,31-32,35,38,50H,4-6,8,11,14,17,20,23,27,30,33-34,36-37,39-49H2,1-3H3/b10-7-,12-9-,16-13-,18-15-,22-19-,24-21-,26-25-,31-29-,32-28-,38-35-. The molecule has 0 saturated heterocycles. The Morgan fingerprint density at radius 3 is 1.08 bits per heavy atom. The minimum Gasteiger partial charge on any atom is -0.462 e. The quantitative estimate of drug-likeness (QED) is 0.0266. The number of hydrogen-bond acceptors (Lipinski definition) is 6. The zero-order valence-corrected chi connectivity index (χ0v) is 37.5. The van der Waals surface area contributed by atoms with Crippen LogP contribution in [0.4, 0.5) is 0 Å². The lowest BCUT2D eigenvalue weighted by Gasteiger charge is -2.18. The third-order valence-electron chi connectivity index (χ3n) is 9.22. The summed E-state index contributed by atoms with van der Waals surface area (Å²) >= 11 is 0. The molecular weight excluding hydrogens is 733 g/mol. The van der Waals surface area contributed by atoms with Gasteiger partial charge in [0.25, 0.3) is 0 Å². The molecule has 330 valence electrons. The molecule has 1 atom stereocenters. The summed E-state index contributed by atoms with van der Waals surface area (Å²) in [6.07, 6.45) is 63.3. The zero-order chi connectivity index (χ0) is 43.0. The van der Waals surface area contributed by atoms with Crippen LogP contribution in [0.1, 0.15) is 175 Å². The lowest BCUT2D eigenvalue weighted by molar-refractivity contribution is -0.167. The second-order valence-corrected chi connectivity index (χ2v) is 14.8. The first kappa shape index (κ1) is 54.8. The maximum atomic E-state index is 12.7. The van der Waals surface area contributed by atoms with Crippen molar-refractivity contribution in [2.45, 2.75) is 181 Å². The number of unbranched alkanes of at least 4 members (excludes halogenated alkanes) is 16. The van der Waals surface area contributed by atoms with Crippen LogP contribution >= 0.6 is 0 Å². The molecule has 0 N–H and O–H groups in total. The molecule has 0 amide bonds. The highest BCUT2D eigenvalue weighted by Crippen LogP contribution is 2.14. The van der Waals surface area contributed by atoms with E-state index in [1.807, 2.05) is 103 Å². The molecule has 0 rings (SSSR count). The molecule has 6 nitrogen and oxygen atoms in total. The molecule has 0 aliphatic rings. The summed E-state index contributed by atoms with van der Waals surface area (Å²) in [5, 5.41) is 0. The topological polar surface area (TPSA) is 78.9 Å². The van der Waals surface area contributed by atoms with E-state index in [9.17, 15) is 14.4 Å². The van der Waals surface area contributed by atoms with Gasteiger partial charge in [-0.15, -0.1) is 0 Å². The highest BCUT2D eigenvalue weighted by Gasteiger charge is 2.19. The number of carbonyl (C=O) groups excluding carboxylic acids is 3. The Kier molecular flexibility index (Phi) is 43.2. The van der Waals surface area contributed by atoms with Gasteiger partial charge in [-0.25, -0.2) is 0 Å². The summed E-state index contributed by atoms with van der Waals surface area (Å²) in [6.45, 7) is 6.22. The molecule has 1 unspecified atom stereocenters. The van der Waals surface area contributed by atoms with Gasteiger partial charge < -0.3 is 14.2 Å². The highest BCUT2D eigenvalue weighted by molar-refractivity contribution is 5.71. The third-order valence-corrected chi connectivity index (χ3v) is 9.22. The van der Waals surface area contributed by atoms with Crippen LogP contribution in [0.25, 0.3) is 0 Å². The van der Waals surface area contributed by atoms with Gasteiger partial charge in [0, 0.05) is 19.3 Å². The summed E-state index contributed by atoms with van der Waals surface area (Å²) in [5.74, 6) is -1.05. The molecule has 0 aromatic carbocycles. The first-order valence-electron chi connectivity index (χ1n) is 23.2. The van der Waals surface area contributed by atoms with Gasteiger partial charge in [0.1, 0.15) is 13.2 Å². The van der Waals surface area contributed by atoms with Crippen LogP contribution in [0.2, 0.25) is 0 Å². The van der Waals surface area contributed by atoms with Crippen LogP contribution in [-0.2, 0) is 28.6 Å². The normalized spacial score (nSPS) is 13.2. The molecule has 0 bridgehead atoms. The Balaban J connectivity index is 4.60. The Labute approximate surface area is 361 Å². The van der Waals surface area contributed by atoms with Gasteiger partial charge >= 0.3 is 17.9 Å². The van der Waals surface area contributed by atoms with Gasteiger partial charge in [-0.1, -0.05) is 226 Å². The first-order valence-corrected chi connectivity index (χ1v) is 23.2. The number of ether oxygens (including phenoxy) is 3. The number of allylic oxidation sites excluding steroid dienone is 20. The first-order chi connectivity index (χ1) is 29.0. The lowest BCUT2D eigenvalue weighted by Crippen LogP contribution is -2.30. The number of rotatable bonds is 39. The van der Waals surface area contributed by atoms with E-state index in [0.29, 0.717) is 19.3 Å². The van der Waals surface area contributed by atoms with Crippen molar-refractivity contribution >= 4 is 17.9 Å². The number of esters is 3. The maximum Gasteiger partial charge on any atom is 0.306 e. The van der Waals surface area contributed by atoms with Gasteiger partial charge in [-0.3, -0.25) is 14.4 Å². The van der Waals surface area contributed by atoms with Gasteiger partial charge in [-0.2, -0.15) is 0 Å². The van der Waals surface area contributed by atoms with E-state index in [0.717, 1.165) is 64.2 Å². The van der Waals surface area contributed by atoms with E-state index in [1.54, 1.807) is 0 Å². The lowest BCUT2D eigenvalue weighted by atomic mass is 10.0. The van der Waals surface area contributed by atoms with Crippen LogP contribution in [0.5, 0.6) is 0 Å². The average molecular weight is 815 g/mol. The largest absolute Gasteiger partial charge is 0.462 e. The molecule has 0 aliphatic carbocycles. The van der Waals surface area contributed by atoms with Crippen LogP contribution in [0.15, 0.2) is 122 Å². The third kappa shape index (κ3) is 44.8. The van der Waals surface area contributed by atoms with Crippen LogP contribution in [0, 0.1) is 0 Å². The molecule has 0 aromatic heterocycles. The van der Waals surface area contributed by atoms with Crippen LogP contribution in [0.3, 0.4) is 0 Å². The molecule has 0 aromatic rings. The van der Waals surface area contributed by atoms with Crippen molar-refractivity contribution in [3.63, 3.8) is 0 Å². The van der Waals surface area contributed by atoms with E-state index < -0.39 is 12.1 Å². The molecule has 6 heteroatoms. The van der Waals surface area contributed by atoms with Crippen molar-refractivity contribution < 1.29 is 28.6 Å². The number of carbonyl (C=O) groups is 3. The predicted octanol–water partition coefficient (Wildman–Crippen LogP) is 15.0. The SMILES string of the molecule is CC\C=C/C=C\C=C/C=C\C=C/CCCCCC(=O)OCC(COC(=O)CCCCCCCCCCCCCCC)OC(=O)CCC\C=C/C=C\C=C/C=C\C=C/CC. The Morgan fingerprint density at radius 2 is 0.678 bits per heavy atom. The van der Waals surface area contributed by atoms with Crippen molar-refractivity contribution in [3.05, 3.63) is 122 Å². The van der Waals surface area contributed by atoms with Crippen molar-refractivity contribution in [2.24, 2.45) is 0 Å². The summed E-state index contributed by atoms with van der Waals surface area (Å²) in [6, 6.07) is 0. The van der Waals surface area contributed by atoms with Gasteiger partial charge in [0.2, 0.25) is 0 Å². The minimum atomic E-state index is -0.833. The molecule has 0 fully saturated rings. The maximum absolute atomic E-state index is 12.7. The van der Waals surface area contributed by atoms with E-state index in [4.69, 9.17) is 14.2 Å². The molecular formula is C53H82O6. The highest BCUT2D eigenvalue weighted by atomic mass is 16.6. The Hall–Kier alpha value is -4.19. The summed E-state index contributed by atoms with van der Waals surface area (Å²) in [4.78, 5) is 37.8. The Bertz CT molecular complexity index is 1300. The van der Waals surface area contributed by atoms with E-state index in [1.165, 1.54) is 64.2 Å². The molecule has 0 spiro atoms. The van der Waals surface area contributed by atoms with Crippen molar-refractivity contribution in [1.29, 1.82) is 0 Å². The predicted molar refractivity (Wildman–Crippen MR) is 251 cm³/mol. The van der Waals surface area contributed by atoms with E-state index in [2.05, 4.69) is 39.0 Å². The molecule has 0 radical (unpaired) electrons. The van der Waals surface area contributed by atoms with Gasteiger partial charge in [0.15, 0.2) is 6.10 Å². The second-order valence-electron chi connectivity index (χ2n) is 14.8. The van der Waals surface area contributed by atoms with E-state index in [-0.39, 0.29) is 31.6 Å². The molecule has 0 heterocycles. The van der Waals surface area contributed by atoms with Crippen molar-refractivity contribution in [2.75, 3.05) is 13.2 Å². The molecule has 0 aliphatic heterocycles. The van der Waals surface area contributed by atoms with Crippen molar-refractivity contribution in [1.82, 2.24) is 0 Å². The Morgan fingerprint density at radius 1 is 0.356 bits per heavy atom. The second kappa shape index (κ2) is 46.5. The average Bonchev–Trinajstić information content (AvgIpc) is 3.23. The summed E-state index contributed by atoms with van der Waals surface area (Å²) in [5.41, 5.74) is 0. The van der Waals surface area contributed by atoms with Gasteiger partial charge in [0.05, 0.1) is 0 Å². The minimum absolute atomic E-state index is 0.123.